The van der Waals surface area contributed by atoms with Gasteiger partial charge in [0.25, 0.3) is 15.9 Å². The summed E-state index contributed by atoms with van der Waals surface area (Å²) in [6.07, 6.45) is 3.57. The summed E-state index contributed by atoms with van der Waals surface area (Å²) in [7, 11) is -3.90. The van der Waals surface area contributed by atoms with E-state index in [1.54, 1.807) is 11.0 Å². The molecular weight excluding hydrogens is 406 g/mol. The molecule has 156 valence electrons. The number of nitrogens with zero attached hydrogens (tertiary/aromatic N) is 2. The van der Waals surface area contributed by atoms with Gasteiger partial charge in [0, 0.05) is 24.8 Å². The molecule has 4 rings (SSSR count). The Morgan fingerprint density at radius 2 is 1.93 bits per heavy atom. The van der Waals surface area contributed by atoms with Gasteiger partial charge in [-0.05, 0) is 29.7 Å². The van der Waals surface area contributed by atoms with Gasteiger partial charge in [0.15, 0.2) is 0 Å². The third kappa shape index (κ3) is 4.05. The fraction of sp³-hybridized carbons (Fsp3) is 0.250. The van der Waals surface area contributed by atoms with Gasteiger partial charge in [-0.15, -0.1) is 4.83 Å². The summed E-state index contributed by atoms with van der Waals surface area (Å²) in [5, 5.41) is 7.83. The normalized spacial score (nSPS) is 17.1. The molecule has 0 spiro atoms. The monoisotopic (exact) mass is 427 g/mol. The quantitative estimate of drug-likeness (QED) is 0.531. The lowest BCUT2D eigenvalue weighted by atomic mass is 9.96. The lowest BCUT2D eigenvalue weighted by molar-refractivity contribution is -0.126. The van der Waals surface area contributed by atoms with Crippen molar-refractivity contribution in [2.24, 2.45) is 5.92 Å². The fourth-order valence-electron chi connectivity index (χ4n) is 3.62. The maximum Gasteiger partial charge on any atom is 0.260 e. The van der Waals surface area contributed by atoms with Crippen molar-refractivity contribution in [1.82, 2.24) is 25.4 Å². The van der Waals surface area contributed by atoms with E-state index in [1.165, 1.54) is 6.20 Å². The van der Waals surface area contributed by atoms with Crippen LogP contribution in [0.2, 0.25) is 0 Å². The van der Waals surface area contributed by atoms with Crippen molar-refractivity contribution in [2.75, 3.05) is 13.1 Å². The Morgan fingerprint density at radius 1 is 1.13 bits per heavy atom. The Kier molecular flexibility index (Phi) is 5.51. The number of fused-ring (bicyclic) bond motifs is 1. The molecule has 2 aromatic carbocycles. The zero-order chi connectivity index (χ0) is 21.1. The van der Waals surface area contributed by atoms with Gasteiger partial charge in [0.05, 0.1) is 12.1 Å². The maximum absolute atomic E-state index is 13.1. The summed E-state index contributed by atoms with van der Waals surface area (Å²) in [5.74, 6) is -1.12. The maximum atomic E-state index is 13.1. The van der Waals surface area contributed by atoms with Crippen LogP contribution in [-0.2, 0) is 14.8 Å². The number of rotatable bonds is 5. The second-order valence-corrected chi connectivity index (χ2v) is 8.83. The van der Waals surface area contributed by atoms with Gasteiger partial charge >= 0.3 is 0 Å². The largest absolute Gasteiger partial charge is 0.338 e. The SMILES string of the molecule is O=C(NNS(=O)(=O)c1cn[nH]c1)C1CCCN(C(=O)c2cccc3ccccc23)C1. The van der Waals surface area contributed by atoms with Gasteiger partial charge in [0.2, 0.25) is 5.91 Å². The number of hydrazine groups is 1. The number of likely N-dealkylation sites (tertiary alicyclic amines) is 1. The second-order valence-electron chi connectivity index (χ2n) is 7.15. The van der Waals surface area contributed by atoms with Gasteiger partial charge < -0.3 is 4.90 Å². The highest BCUT2D eigenvalue weighted by Crippen LogP contribution is 2.23. The van der Waals surface area contributed by atoms with Gasteiger partial charge in [0.1, 0.15) is 4.90 Å². The zero-order valence-electron chi connectivity index (χ0n) is 16.0. The molecule has 0 bridgehead atoms. The van der Waals surface area contributed by atoms with E-state index in [-0.39, 0.29) is 17.3 Å². The van der Waals surface area contributed by atoms with Crippen molar-refractivity contribution in [3.8, 4) is 0 Å². The summed E-state index contributed by atoms with van der Waals surface area (Å²) in [5.41, 5.74) is 2.85. The summed E-state index contributed by atoms with van der Waals surface area (Å²) < 4.78 is 24.2. The molecule has 2 amide bonds. The molecule has 10 heteroatoms. The Morgan fingerprint density at radius 3 is 2.73 bits per heavy atom. The molecule has 3 N–H and O–H groups in total. The molecular formula is C20H21N5O4S. The van der Waals surface area contributed by atoms with E-state index < -0.39 is 21.8 Å². The summed E-state index contributed by atoms with van der Waals surface area (Å²) in [4.78, 5) is 29.3. The van der Waals surface area contributed by atoms with Crippen molar-refractivity contribution >= 4 is 32.6 Å². The first-order chi connectivity index (χ1) is 14.5. The minimum Gasteiger partial charge on any atom is -0.338 e. The molecule has 0 saturated carbocycles. The van der Waals surface area contributed by atoms with Gasteiger partial charge in [-0.2, -0.15) is 5.10 Å². The predicted molar refractivity (Wildman–Crippen MR) is 110 cm³/mol. The number of sulfonamides is 1. The van der Waals surface area contributed by atoms with Gasteiger partial charge in [-0.25, -0.2) is 8.42 Å². The van der Waals surface area contributed by atoms with E-state index in [9.17, 15) is 18.0 Å². The number of amides is 2. The number of piperidine rings is 1. The first-order valence-electron chi connectivity index (χ1n) is 9.53. The van der Waals surface area contributed by atoms with Crippen LogP contribution in [0.15, 0.2) is 59.8 Å². The average Bonchev–Trinajstić information content (AvgIpc) is 3.33. The number of carbonyl (C=O) groups excluding carboxylic acids is 2. The molecule has 1 aliphatic heterocycles. The van der Waals surface area contributed by atoms with Crippen molar-refractivity contribution < 1.29 is 18.0 Å². The minimum absolute atomic E-state index is 0.0841. The summed E-state index contributed by atoms with van der Waals surface area (Å²) >= 11 is 0. The molecule has 2 heterocycles. The first-order valence-corrected chi connectivity index (χ1v) is 11.0. The number of benzene rings is 2. The van der Waals surface area contributed by atoms with Crippen LogP contribution in [0, 0.1) is 5.92 Å². The number of aromatic amines is 1. The third-order valence-corrected chi connectivity index (χ3v) is 6.41. The zero-order valence-corrected chi connectivity index (χ0v) is 16.9. The number of nitrogens with one attached hydrogen (secondary N) is 3. The number of hydrogen-bond acceptors (Lipinski definition) is 5. The minimum atomic E-state index is -3.90. The van der Waals surface area contributed by atoms with Crippen LogP contribution >= 0.6 is 0 Å². The lowest BCUT2D eigenvalue weighted by Gasteiger charge is -2.32. The molecule has 3 aromatic rings. The molecule has 1 atom stereocenters. The first kappa shape index (κ1) is 20.0. The molecule has 0 aliphatic carbocycles. The van der Waals surface area contributed by atoms with Crippen LogP contribution in [0.25, 0.3) is 10.8 Å². The topological polar surface area (TPSA) is 124 Å². The van der Waals surface area contributed by atoms with E-state index in [0.29, 0.717) is 24.9 Å². The Labute approximate surface area is 173 Å². The highest BCUT2D eigenvalue weighted by Gasteiger charge is 2.30. The van der Waals surface area contributed by atoms with E-state index in [1.807, 2.05) is 36.4 Å². The Balaban J connectivity index is 1.44. The van der Waals surface area contributed by atoms with Crippen molar-refractivity contribution in [3.05, 3.63) is 60.4 Å². The van der Waals surface area contributed by atoms with Crippen LogP contribution in [0.3, 0.4) is 0 Å². The highest BCUT2D eigenvalue weighted by molar-refractivity contribution is 7.89. The summed E-state index contributed by atoms with van der Waals surface area (Å²) in [6.45, 7) is 0.772. The predicted octanol–water partition coefficient (Wildman–Crippen LogP) is 1.42. The van der Waals surface area contributed by atoms with E-state index in [2.05, 4.69) is 20.5 Å². The van der Waals surface area contributed by atoms with E-state index >= 15 is 0 Å². The number of carbonyl (C=O) groups is 2. The van der Waals surface area contributed by atoms with E-state index in [4.69, 9.17) is 0 Å². The van der Waals surface area contributed by atoms with Gasteiger partial charge in [-0.3, -0.25) is 20.1 Å². The molecule has 1 aliphatic rings. The molecule has 1 aromatic heterocycles. The lowest BCUT2D eigenvalue weighted by Crippen LogP contribution is -2.49. The van der Waals surface area contributed by atoms with Crippen LogP contribution in [0.1, 0.15) is 23.2 Å². The Hall–Kier alpha value is -3.24. The third-order valence-electron chi connectivity index (χ3n) is 5.19. The van der Waals surface area contributed by atoms with Crippen LogP contribution in [0.4, 0.5) is 0 Å². The standard InChI is InChI=1S/C20H21N5O4S/c26-19(23-24-30(28,29)16-11-21-22-12-16)15-7-4-10-25(13-15)20(27)18-9-3-6-14-5-1-2-8-17(14)18/h1-3,5-6,8-9,11-12,15,24H,4,7,10,13H2,(H,21,22)(H,23,26). The smallest absolute Gasteiger partial charge is 0.260 e. The van der Waals surface area contributed by atoms with Crippen molar-refractivity contribution in [1.29, 1.82) is 0 Å². The average molecular weight is 427 g/mol. The molecule has 1 fully saturated rings. The van der Waals surface area contributed by atoms with Gasteiger partial charge in [-0.1, -0.05) is 36.4 Å². The number of hydrogen-bond donors (Lipinski definition) is 3. The summed E-state index contributed by atoms with van der Waals surface area (Å²) in [6, 6.07) is 13.2. The fourth-order valence-corrected chi connectivity index (χ4v) is 4.37. The van der Waals surface area contributed by atoms with E-state index in [0.717, 1.165) is 17.0 Å². The van der Waals surface area contributed by atoms with Crippen LogP contribution < -0.4 is 10.3 Å². The Bertz CT molecular complexity index is 1170. The van der Waals surface area contributed by atoms with Crippen LogP contribution in [-0.4, -0.2) is 48.4 Å². The highest BCUT2D eigenvalue weighted by atomic mass is 32.2. The second kappa shape index (κ2) is 8.25. The number of aromatic nitrogens is 2. The number of H-pyrrole nitrogens is 1. The molecule has 30 heavy (non-hydrogen) atoms. The van der Waals surface area contributed by atoms with Crippen molar-refractivity contribution in [3.63, 3.8) is 0 Å². The molecule has 0 radical (unpaired) electrons. The molecule has 1 saturated heterocycles. The van der Waals surface area contributed by atoms with Crippen LogP contribution in [0.5, 0.6) is 0 Å². The molecule has 1 unspecified atom stereocenters. The molecule has 9 nitrogen and oxygen atoms in total. The van der Waals surface area contributed by atoms with Crippen molar-refractivity contribution in [2.45, 2.75) is 17.7 Å².